The van der Waals surface area contributed by atoms with Crippen LogP contribution in [-0.2, 0) is 17.6 Å². The van der Waals surface area contributed by atoms with Crippen molar-refractivity contribution >= 4 is 5.78 Å². The van der Waals surface area contributed by atoms with Gasteiger partial charge in [0.2, 0.25) is 0 Å². The first-order valence-corrected chi connectivity index (χ1v) is 5.82. The highest BCUT2D eigenvalue weighted by atomic mass is 19.1. The van der Waals surface area contributed by atoms with E-state index in [1.807, 2.05) is 25.1 Å². The van der Waals surface area contributed by atoms with Gasteiger partial charge in [-0.1, -0.05) is 18.2 Å². The summed E-state index contributed by atoms with van der Waals surface area (Å²) >= 11 is 0. The maximum Gasteiger partial charge on any atom is 0.143 e. The monoisotopic (exact) mass is 243 g/mol. The molecule has 92 valence electrons. The smallest absolute Gasteiger partial charge is 0.143 e. The second kappa shape index (κ2) is 5.54. The Bertz CT molecular complexity index is 549. The van der Waals surface area contributed by atoms with Gasteiger partial charge in [-0.2, -0.15) is 0 Å². The maximum absolute atomic E-state index is 12.7. The molecule has 0 aliphatic carbocycles. The third-order valence-corrected chi connectivity index (χ3v) is 2.64. The molecule has 0 N–H and O–H groups in total. The molecule has 2 nitrogen and oxygen atoms in total. The largest absolute Gasteiger partial charge is 0.299 e. The molecule has 0 amide bonds. The molecule has 3 heteroatoms. The Labute approximate surface area is 105 Å². The number of aryl methyl sites for hydroxylation is 1. The molecule has 1 aromatic carbocycles. The number of nitrogens with zero attached hydrogens (tertiary/aromatic N) is 1. The number of benzene rings is 1. The van der Waals surface area contributed by atoms with Gasteiger partial charge >= 0.3 is 0 Å². The van der Waals surface area contributed by atoms with E-state index < -0.39 is 0 Å². The summed E-state index contributed by atoms with van der Waals surface area (Å²) in [6, 6.07) is 11.6. The number of ketones is 1. The van der Waals surface area contributed by atoms with Gasteiger partial charge in [-0.05, 0) is 36.8 Å². The lowest BCUT2D eigenvalue weighted by atomic mass is 10.1. The van der Waals surface area contributed by atoms with Crippen LogP contribution in [0, 0.1) is 12.7 Å². The Morgan fingerprint density at radius 1 is 1.11 bits per heavy atom. The second-order valence-corrected chi connectivity index (χ2v) is 4.29. The number of carbonyl (C=O) groups is 1. The third-order valence-electron chi connectivity index (χ3n) is 2.64. The number of pyridine rings is 1. The fraction of sp³-hybridized carbons (Fsp3) is 0.200. The summed E-state index contributed by atoms with van der Waals surface area (Å²) in [6.45, 7) is 1.90. The molecule has 0 aliphatic heterocycles. The van der Waals surface area contributed by atoms with E-state index in [1.165, 1.54) is 12.1 Å². The van der Waals surface area contributed by atoms with Gasteiger partial charge in [0.15, 0.2) is 0 Å². The molecule has 0 radical (unpaired) electrons. The highest BCUT2D eigenvalue weighted by molar-refractivity contribution is 5.82. The summed E-state index contributed by atoms with van der Waals surface area (Å²) in [6.07, 6.45) is 0.634. The fourth-order valence-corrected chi connectivity index (χ4v) is 1.79. The van der Waals surface area contributed by atoms with Crippen molar-refractivity contribution in [3.63, 3.8) is 0 Å². The number of carbonyl (C=O) groups excluding carboxylic acids is 1. The molecule has 2 rings (SSSR count). The standard InChI is InChI=1S/C15H14FNO/c1-11-3-2-4-14(17-11)10-15(18)9-12-5-7-13(16)8-6-12/h2-8H,9-10H2,1H3. The van der Waals surface area contributed by atoms with Crippen LogP contribution in [0.2, 0.25) is 0 Å². The van der Waals surface area contributed by atoms with Gasteiger partial charge in [0, 0.05) is 24.2 Å². The summed E-state index contributed by atoms with van der Waals surface area (Å²) in [5.74, 6) is -0.203. The van der Waals surface area contributed by atoms with E-state index in [9.17, 15) is 9.18 Å². The second-order valence-electron chi connectivity index (χ2n) is 4.29. The number of rotatable bonds is 4. The molecule has 0 unspecified atom stereocenters. The molecule has 0 saturated carbocycles. The van der Waals surface area contributed by atoms with Gasteiger partial charge in [-0.25, -0.2) is 4.39 Å². The number of hydrogen-bond donors (Lipinski definition) is 0. The van der Waals surface area contributed by atoms with Crippen LogP contribution in [-0.4, -0.2) is 10.8 Å². The van der Waals surface area contributed by atoms with E-state index in [0.717, 1.165) is 17.0 Å². The number of halogens is 1. The normalized spacial score (nSPS) is 10.3. The van der Waals surface area contributed by atoms with Gasteiger partial charge in [0.25, 0.3) is 0 Å². The van der Waals surface area contributed by atoms with Crippen molar-refractivity contribution in [2.45, 2.75) is 19.8 Å². The molecule has 0 spiro atoms. The van der Waals surface area contributed by atoms with Crippen molar-refractivity contribution in [1.29, 1.82) is 0 Å². The van der Waals surface area contributed by atoms with Crippen LogP contribution < -0.4 is 0 Å². The van der Waals surface area contributed by atoms with Crippen LogP contribution >= 0.6 is 0 Å². The lowest BCUT2D eigenvalue weighted by molar-refractivity contribution is -0.117. The molecule has 1 aromatic heterocycles. The van der Waals surface area contributed by atoms with Crippen molar-refractivity contribution in [3.05, 3.63) is 65.2 Å². The quantitative estimate of drug-likeness (QED) is 0.826. The van der Waals surface area contributed by atoms with Crippen molar-refractivity contribution < 1.29 is 9.18 Å². The van der Waals surface area contributed by atoms with Crippen LogP contribution in [0.1, 0.15) is 17.0 Å². The minimum Gasteiger partial charge on any atom is -0.299 e. The molecule has 0 bridgehead atoms. The molecular formula is C15H14FNO. The summed E-state index contributed by atoms with van der Waals surface area (Å²) in [4.78, 5) is 16.1. The number of aromatic nitrogens is 1. The molecule has 0 atom stereocenters. The van der Waals surface area contributed by atoms with Crippen LogP contribution in [0.5, 0.6) is 0 Å². The zero-order valence-corrected chi connectivity index (χ0v) is 10.2. The first-order valence-electron chi connectivity index (χ1n) is 5.82. The Morgan fingerprint density at radius 2 is 1.83 bits per heavy atom. The summed E-state index contributed by atoms with van der Waals surface area (Å²) in [5.41, 5.74) is 2.51. The topological polar surface area (TPSA) is 30.0 Å². The zero-order valence-electron chi connectivity index (χ0n) is 10.2. The predicted molar refractivity (Wildman–Crippen MR) is 67.8 cm³/mol. The molecular weight excluding hydrogens is 229 g/mol. The van der Waals surface area contributed by atoms with E-state index in [-0.39, 0.29) is 11.6 Å². The fourth-order valence-electron chi connectivity index (χ4n) is 1.79. The minimum atomic E-state index is -0.286. The van der Waals surface area contributed by atoms with Crippen molar-refractivity contribution in [2.75, 3.05) is 0 Å². The van der Waals surface area contributed by atoms with Gasteiger partial charge in [0.05, 0.1) is 0 Å². The van der Waals surface area contributed by atoms with Gasteiger partial charge in [-0.15, -0.1) is 0 Å². The van der Waals surface area contributed by atoms with Gasteiger partial charge in [0.1, 0.15) is 11.6 Å². The lowest BCUT2D eigenvalue weighted by Gasteiger charge is -2.02. The molecule has 0 saturated heterocycles. The van der Waals surface area contributed by atoms with Crippen molar-refractivity contribution in [1.82, 2.24) is 4.98 Å². The van der Waals surface area contributed by atoms with Crippen molar-refractivity contribution in [3.8, 4) is 0 Å². The number of Topliss-reactive ketones (excluding diaryl/α,β-unsaturated/α-hetero) is 1. The first-order chi connectivity index (χ1) is 8.63. The molecule has 2 aromatic rings. The van der Waals surface area contributed by atoms with Crippen LogP contribution in [0.3, 0.4) is 0 Å². The predicted octanol–water partition coefficient (Wildman–Crippen LogP) is 2.88. The van der Waals surface area contributed by atoms with E-state index in [4.69, 9.17) is 0 Å². The van der Waals surface area contributed by atoms with E-state index >= 15 is 0 Å². The molecule has 1 heterocycles. The maximum atomic E-state index is 12.7. The third kappa shape index (κ3) is 3.48. The van der Waals surface area contributed by atoms with Crippen LogP contribution in [0.25, 0.3) is 0 Å². The van der Waals surface area contributed by atoms with E-state index in [1.54, 1.807) is 12.1 Å². The highest BCUT2D eigenvalue weighted by Gasteiger charge is 2.06. The minimum absolute atomic E-state index is 0.0831. The average molecular weight is 243 g/mol. The first kappa shape index (κ1) is 12.4. The van der Waals surface area contributed by atoms with Crippen LogP contribution in [0.4, 0.5) is 4.39 Å². The summed E-state index contributed by atoms with van der Waals surface area (Å²) in [7, 11) is 0. The van der Waals surface area contributed by atoms with E-state index in [0.29, 0.717) is 12.8 Å². The lowest BCUT2D eigenvalue weighted by Crippen LogP contribution is -2.08. The number of hydrogen-bond acceptors (Lipinski definition) is 2. The van der Waals surface area contributed by atoms with Gasteiger partial charge < -0.3 is 0 Å². The Hall–Kier alpha value is -2.03. The summed E-state index contributed by atoms with van der Waals surface area (Å²) < 4.78 is 12.7. The summed E-state index contributed by atoms with van der Waals surface area (Å²) in [5, 5.41) is 0. The van der Waals surface area contributed by atoms with E-state index in [2.05, 4.69) is 4.98 Å². The zero-order chi connectivity index (χ0) is 13.0. The Kier molecular flexibility index (Phi) is 3.82. The molecule has 18 heavy (non-hydrogen) atoms. The van der Waals surface area contributed by atoms with Gasteiger partial charge in [-0.3, -0.25) is 9.78 Å². The Balaban J connectivity index is 1.98. The van der Waals surface area contributed by atoms with Crippen LogP contribution in [0.15, 0.2) is 42.5 Å². The Morgan fingerprint density at radius 3 is 2.50 bits per heavy atom. The molecule has 0 aliphatic rings. The highest BCUT2D eigenvalue weighted by Crippen LogP contribution is 2.06. The average Bonchev–Trinajstić information content (AvgIpc) is 2.32. The molecule has 0 fully saturated rings. The SMILES string of the molecule is Cc1cccc(CC(=O)Cc2ccc(F)cc2)n1. The van der Waals surface area contributed by atoms with Crippen molar-refractivity contribution in [2.24, 2.45) is 0 Å².